The summed E-state index contributed by atoms with van der Waals surface area (Å²) in [5.74, 6) is -0.795. The van der Waals surface area contributed by atoms with Gasteiger partial charge in [-0.15, -0.1) is 0 Å². The number of hydrogen-bond acceptors (Lipinski definition) is 3. The van der Waals surface area contributed by atoms with E-state index in [9.17, 15) is 17.6 Å². The Kier molecular flexibility index (Phi) is 6.27. The molecule has 0 saturated carbocycles. The summed E-state index contributed by atoms with van der Waals surface area (Å²) in [6.45, 7) is 1.62. The lowest BCUT2D eigenvalue weighted by Crippen LogP contribution is -2.41. The summed E-state index contributed by atoms with van der Waals surface area (Å²) in [6, 6.07) is 14.2. The zero-order valence-corrected chi connectivity index (χ0v) is 15.0. The van der Waals surface area contributed by atoms with E-state index < -0.39 is 21.7 Å². The van der Waals surface area contributed by atoms with E-state index in [4.69, 9.17) is 0 Å². The van der Waals surface area contributed by atoms with Crippen molar-refractivity contribution >= 4 is 15.9 Å². The van der Waals surface area contributed by atoms with Gasteiger partial charge in [0.2, 0.25) is 15.9 Å². The molecule has 0 aliphatic carbocycles. The predicted octanol–water partition coefficient (Wildman–Crippen LogP) is 2.49. The zero-order chi connectivity index (χ0) is 18.4. The molecule has 2 aromatic rings. The van der Waals surface area contributed by atoms with Crippen molar-refractivity contribution in [2.75, 3.05) is 20.1 Å². The number of rotatable bonds is 7. The van der Waals surface area contributed by atoms with E-state index in [0.29, 0.717) is 5.56 Å². The summed E-state index contributed by atoms with van der Waals surface area (Å²) in [5, 5.41) is 0. The fourth-order valence-corrected chi connectivity index (χ4v) is 3.77. The van der Waals surface area contributed by atoms with E-state index in [1.807, 2.05) is 0 Å². The first-order chi connectivity index (χ1) is 11.9. The minimum Gasteiger partial charge on any atom is -0.340 e. The van der Waals surface area contributed by atoms with Gasteiger partial charge in [-0.25, -0.2) is 12.8 Å². The molecule has 134 valence electrons. The van der Waals surface area contributed by atoms with E-state index >= 15 is 0 Å². The number of amides is 1. The Morgan fingerprint density at radius 3 is 2.24 bits per heavy atom. The normalized spacial score (nSPS) is 11.5. The maximum absolute atomic E-state index is 13.7. The number of carbonyl (C=O) groups excluding carboxylic acids is 1. The fourth-order valence-electron chi connectivity index (χ4n) is 2.35. The molecule has 1 amide bonds. The van der Waals surface area contributed by atoms with Crippen LogP contribution in [0.3, 0.4) is 0 Å². The van der Waals surface area contributed by atoms with E-state index in [1.54, 1.807) is 43.3 Å². The van der Waals surface area contributed by atoms with Crippen LogP contribution in [-0.4, -0.2) is 43.7 Å². The summed E-state index contributed by atoms with van der Waals surface area (Å²) in [4.78, 5) is 13.9. The molecule has 2 rings (SSSR count). The van der Waals surface area contributed by atoms with Gasteiger partial charge in [-0.1, -0.05) is 43.3 Å². The first-order valence-corrected chi connectivity index (χ1v) is 9.32. The molecule has 0 bridgehead atoms. The topological polar surface area (TPSA) is 57.7 Å². The lowest BCUT2D eigenvalue weighted by atomic mass is 10.2. The van der Waals surface area contributed by atoms with Gasteiger partial charge in [0.1, 0.15) is 5.82 Å². The Morgan fingerprint density at radius 2 is 1.64 bits per heavy atom. The maximum atomic E-state index is 13.7. The third kappa shape index (κ3) is 4.64. The molecule has 5 nitrogen and oxygen atoms in total. The monoisotopic (exact) mass is 364 g/mol. The minimum atomic E-state index is -3.75. The average molecular weight is 364 g/mol. The molecule has 0 aliphatic rings. The zero-order valence-electron chi connectivity index (χ0n) is 14.2. The van der Waals surface area contributed by atoms with Gasteiger partial charge in [-0.05, 0) is 18.2 Å². The summed E-state index contributed by atoms with van der Waals surface area (Å²) >= 11 is 0. The summed E-state index contributed by atoms with van der Waals surface area (Å²) < 4.78 is 40.1. The van der Waals surface area contributed by atoms with Crippen molar-refractivity contribution in [2.24, 2.45) is 0 Å². The first kappa shape index (κ1) is 19.1. The van der Waals surface area contributed by atoms with Crippen LogP contribution < -0.4 is 0 Å². The number of nitrogens with zero attached hydrogens (tertiary/aromatic N) is 2. The predicted molar refractivity (Wildman–Crippen MR) is 93.7 cm³/mol. The quantitative estimate of drug-likeness (QED) is 0.758. The highest BCUT2D eigenvalue weighted by molar-refractivity contribution is 7.89. The van der Waals surface area contributed by atoms with Crippen molar-refractivity contribution in [1.29, 1.82) is 0 Å². The Morgan fingerprint density at radius 1 is 1.04 bits per heavy atom. The fraction of sp³-hybridized carbons (Fsp3) is 0.278. The molecule has 0 heterocycles. The van der Waals surface area contributed by atoms with Crippen LogP contribution in [0.5, 0.6) is 0 Å². The average Bonchev–Trinajstić information content (AvgIpc) is 2.61. The molecule has 0 fully saturated rings. The standard InChI is InChI=1S/C18H21FN2O3S/c1-3-21(25(23,24)16-10-5-4-6-11-16)14-18(22)20(2)13-15-9-7-8-12-17(15)19/h4-12H,3,13-14H2,1-2H3. The van der Waals surface area contributed by atoms with Crippen molar-refractivity contribution in [3.63, 3.8) is 0 Å². The maximum Gasteiger partial charge on any atom is 0.243 e. The van der Waals surface area contributed by atoms with Crippen molar-refractivity contribution in [2.45, 2.75) is 18.4 Å². The number of hydrogen-bond donors (Lipinski definition) is 0. The van der Waals surface area contributed by atoms with Crippen LogP contribution in [0.25, 0.3) is 0 Å². The van der Waals surface area contributed by atoms with Crippen LogP contribution in [0.15, 0.2) is 59.5 Å². The molecule has 0 saturated heterocycles. The molecule has 0 atom stereocenters. The molecule has 0 aliphatic heterocycles. The number of carbonyl (C=O) groups is 1. The summed E-state index contributed by atoms with van der Waals surface area (Å²) in [6.07, 6.45) is 0. The van der Waals surface area contributed by atoms with Gasteiger partial charge in [0, 0.05) is 25.7 Å². The lowest BCUT2D eigenvalue weighted by molar-refractivity contribution is -0.130. The third-order valence-corrected chi connectivity index (χ3v) is 5.77. The van der Waals surface area contributed by atoms with Crippen LogP contribution in [0.2, 0.25) is 0 Å². The van der Waals surface area contributed by atoms with Gasteiger partial charge in [0.15, 0.2) is 0 Å². The van der Waals surface area contributed by atoms with E-state index in [2.05, 4.69) is 0 Å². The van der Waals surface area contributed by atoms with Crippen LogP contribution in [0.1, 0.15) is 12.5 Å². The van der Waals surface area contributed by atoms with Gasteiger partial charge in [0.25, 0.3) is 0 Å². The first-order valence-electron chi connectivity index (χ1n) is 7.88. The second-order valence-corrected chi connectivity index (χ2v) is 7.52. The van der Waals surface area contributed by atoms with Gasteiger partial charge < -0.3 is 4.90 Å². The van der Waals surface area contributed by atoms with Gasteiger partial charge in [-0.2, -0.15) is 4.31 Å². The van der Waals surface area contributed by atoms with Crippen LogP contribution in [-0.2, 0) is 21.4 Å². The van der Waals surface area contributed by atoms with Crippen LogP contribution >= 0.6 is 0 Å². The Hall–Kier alpha value is -2.25. The SMILES string of the molecule is CCN(CC(=O)N(C)Cc1ccccc1F)S(=O)(=O)c1ccccc1. The Labute approximate surface area is 147 Å². The Bertz CT molecular complexity index is 825. The molecule has 0 aromatic heterocycles. The van der Waals surface area contributed by atoms with Gasteiger partial charge in [-0.3, -0.25) is 4.79 Å². The number of sulfonamides is 1. The molecule has 2 aromatic carbocycles. The van der Waals surface area contributed by atoms with E-state index in [0.717, 1.165) is 4.31 Å². The Balaban J connectivity index is 2.10. The molecular formula is C18H21FN2O3S. The minimum absolute atomic E-state index is 0.0778. The molecule has 0 radical (unpaired) electrons. The van der Waals surface area contributed by atoms with Crippen LogP contribution in [0, 0.1) is 5.82 Å². The van der Waals surface area contributed by atoms with Crippen LogP contribution in [0.4, 0.5) is 4.39 Å². The molecular weight excluding hydrogens is 343 g/mol. The summed E-state index contributed by atoms with van der Waals surface area (Å²) in [5.41, 5.74) is 0.382. The number of halogens is 1. The highest BCUT2D eigenvalue weighted by Crippen LogP contribution is 2.15. The highest BCUT2D eigenvalue weighted by Gasteiger charge is 2.26. The molecule has 0 spiro atoms. The van der Waals surface area contributed by atoms with E-state index in [-0.39, 0.29) is 24.5 Å². The summed E-state index contributed by atoms with van der Waals surface area (Å²) in [7, 11) is -2.22. The van der Waals surface area contributed by atoms with Gasteiger partial charge >= 0.3 is 0 Å². The lowest BCUT2D eigenvalue weighted by Gasteiger charge is -2.24. The third-order valence-electron chi connectivity index (χ3n) is 3.84. The van der Waals surface area contributed by atoms with Gasteiger partial charge in [0.05, 0.1) is 11.4 Å². The number of benzene rings is 2. The van der Waals surface area contributed by atoms with Crippen molar-refractivity contribution in [3.05, 3.63) is 66.0 Å². The number of likely N-dealkylation sites (N-methyl/N-ethyl adjacent to an activating group) is 2. The second-order valence-electron chi connectivity index (χ2n) is 5.59. The molecule has 25 heavy (non-hydrogen) atoms. The molecule has 7 heteroatoms. The van der Waals surface area contributed by atoms with E-state index in [1.165, 1.54) is 30.1 Å². The smallest absolute Gasteiger partial charge is 0.243 e. The molecule has 0 N–H and O–H groups in total. The second kappa shape index (κ2) is 8.22. The largest absolute Gasteiger partial charge is 0.340 e. The highest BCUT2D eigenvalue weighted by atomic mass is 32.2. The van der Waals surface area contributed by atoms with Crippen molar-refractivity contribution in [1.82, 2.24) is 9.21 Å². The molecule has 0 unspecified atom stereocenters. The van der Waals surface area contributed by atoms with Crippen molar-refractivity contribution < 1.29 is 17.6 Å². The van der Waals surface area contributed by atoms with Crippen molar-refractivity contribution in [3.8, 4) is 0 Å².